The summed E-state index contributed by atoms with van der Waals surface area (Å²) in [5.41, 5.74) is 1.89. The molecule has 0 amide bonds. The van der Waals surface area contributed by atoms with Gasteiger partial charge >= 0.3 is 0 Å². The van der Waals surface area contributed by atoms with Gasteiger partial charge in [-0.05, 0) is 12.1 Å². The summed E-state index contributed by atoms with van der Waals surface area (Å²) in [6, 6.07) is 6.69. The van der Waals surface area contributed by atoms with E-state index in [9.17, 15) is 10.1 Å². The molecule has 7 heteroatoms. The molecule has 0 aliphatic heterocycles. The molecule has 2 aromatic heterocycles. The van der Waals surface area contributed by atoms with E-state index in [1.54, 1.807) is 16.8 Å². The van der Waals surface area contributed by atoms with E-state index in [4.69, 9.17) is 0 Å². The lowest BCUT2D eigenvalue weighted by molar-refractivity contribution is -0.384. The summed E-state index contributed by atoms with van der Waals surface area (Å²) < 4.78 is 3.63. The van der Waals surface area contributed by atoms with E-state index in [1.165, 1.54) is 6.07 Å². The molecule has 0 spiro atoms. The fourth-order valence-electron chi connectivity index (χ4n) is 2.08. The van der Waals surface area contributed by atoms with Crippen LogP contribution >= 0.6 is 0 Å². The highest BCUT2D eigenvalue weighted by atomic mass is 16.6. The molecule has 1 aromatic carbocycles. The minimum absolute atomic E-state index is 0.102. The molecule has 0 aliphatic rings. The topological polar surface area (TPSA) is 78.8 Å². The van der Waals surface area contributed by atoms with Crippen LogP contribution in [-0.4, -0.2) is 24.5 Å². The molecule has 0 saturated heterocycles. The second-order valence-corrected chi connectivity index (χ2v) is 4.33. The number of hydrogen-bond donors (Lipinski definition) is 0. The molecule has 0 N–H and O–H groups in total. The Hall–Kier alpha value is -2.70. The number of aryl methyl sites for hydroxylation is 1. The highest BCUT2D eigenvalue weighted by Gasteiger charge is 2.09. The molecule has 19 heavy (non-hydrogen) atoms. The average Bonchev–Trinajstić information content (AvgIpc) is 2.96. The molecule has 0 aliphatic carbocycles. The number of aromatic nitrogens is 4. The van der Waals surface area contributed by atoms with Crippen LogP contribution in [-0.2, 0) is 13.6 Å². The van der Waals surface area contributed by atoms with Gasteiger partial charge < -0.3 is 4.57 Å². The van der Waals surface area contributed by atoms with E-state index in [-0.39, 0.29) is 10.6 Å². The van der Waals surface area contributed by atoms with Gasteiger partial charge in [-0.15, -0.1) is 5.10 Å². The van der Waals surface area contributed by atoms with Crippen LogP contribution in [0.25, 0.3) is 10.9 Å². The fraction of sp³-hybridized carbons (Fsp3) is 0.167. The van der Waals surface area contributed by atoms with Crippen molar-refractivity contribution in [2.75, 3.05) is 0 Å². The van der Waals surface area contributed by atoms with E-state index in [1.807, 2.05) is 30.1 Å². The standard InChI is InChI=1S/C12H11N5O2/c1-15-7-10(13-14-15)8-16-5-4-9-6-11(17(18)19)2-3-12(9)16/h2-7H,8H2,1H3. The number of fused-ring (bicyclic) bond motifs is 1. The lowest BCUT2D eigenvalue weighted by Crippen LogP contribution is -1.98. The highest BCUT2D eigenvalue weighted by molar-refractivity contribution is 5.82. The van der Waals surface area contributed by atoms with E-state index in [2.05, 4.69) is 10.3 Å². The van der Waals surface area contributed by atoms with Gasteiger partial charge in [-0.1, -0.05) is 5.21 Å². The number of nitrogens with zero attached hydrogens (tertiary/aromatic N) is 5. The van der Waals surface area contributed by atoms with Crippen molar-refractivity contribution in [3.63, 3.8) is 0 Å². The minimum Gasteiger partial charge on any atom is -0.341 e. The Labute approximate surface area is 108 Å². The first kappa shape index (κ1) is 11.4. The van der Waals surface area contributed by atoms with Gasteiger partial charge in [-0.2, -0.15) is 0 Å². The van der Waals surface area contributed by atoms with Gasteiger partial charge in [0.25, 0.3) is 5.69 Å². The summed E-state index contributed by atoms with van der Waals surface area (Å²) in [4.78, 5) is 10.3. The number of rotatable bonds is 3. The fourth-order valence-corrected chi connectivity index (χ4v) is 2.08. The van der Waals surface area contributed by atoms with E-state index >= 15 is 0 Å². The van der Waals surface area contributed by atoms with Crippen molar-refractivity contribution in [2.45, 2.75) is 6.54 Å². The molecule has 96 valence electrons. The van der Waals surface area contributed by atoms with Crippen LogP contribution in [0, 0.1) is 10.1 Å². The molecule has 0 bridgehead atoms. The maximum absolute atomic E-state index is 10.7. The third kappa shape index (κ3) is 2.05. The van der Waals surface area contributed by atoms with Crippen molar-refractivity contribution >= 4 is 16.6 Å². The summed E-state index contributed by atoms with van der Waals surface area (Å²) in [7, 11) is 1.81. The minimum atomic E-state index is -0.389. The quantitative estimate of drug-likeness (QED) is 0.528. The van der Waals surface area contributed by atoms with Crippen molar-refractivity contribution in [3.05, 3.63) is 52.5 Å². The average molecular weight is 257 g/mol. The van der Waals surface area contributed by atoms with Crippen molar-refractivity contribution in [2.24, 2.45) is 7.05 Å². The predicted octanol–water partition coefficient (Wildman–Crippen LogP) is 1.73. The maximum atomic E-state index is 10.7. The zero-order valence-electron chi connectivity index (χ0n) is 10.2. The predicted molar refractivity (Wildman–Crippen MR) is 68.7 cm³/mol. The Kier molecular flexibility index (Phi) is 2.52. The Morgan fingerprint density at radius 3 is 2.89 bits per heavy atom. The van der Waals surface area contributed by atoms with Crippen LogP contribution in [0.5, 0.6) is 0 Å². The maximum Gasteiger partial charge on any atom is 0.270 e. The Morgan fingerprint density at radius 1 is 1.37 bits per heavy atom. The lowest BCUT2D eigenvalue weighted by atomic mass is 10.2. The summed E-state index contributed by atoms with van der Waals surface area (Å²) in [5, 5.41) is 19.5. The number of hydrogen-bond acceptors (Lipinski definition) is 4. The molecular formula is C12H11N5O2. The molecule has 3 rings (SSSR count). The van der Waals surface area contributed by atoms with Crippen molar-refractivity contribution in [1.82, 2.24) is 19.6 Å². The number of nitro benzene ring substituents is 1. The highest BCUT2D eigenvalue weighted by Crippen LogP contribution is 2.22. The first-order valence-electron chi connectivity index (χ1n) is 5.72. The van der Waals surface area contributed by atoms with Gasteiger partial charge in [0.05, 0.1) is 11.5 Å². The molecular weight excluding hydrogens is 246 g/mol. The van der Waals surface area contributed by atoms with E-state index < -0.39 is 0 Å². The molecule has 0 unspecified atom stereocenters. The van der Waals surface area contributed by atoms with Crippen LogP contribution in [0.2, 0.25) is 0 Å². The SMILES string of the molecule is Cn1cc(Cn2ccc3cc([N+](=O)[O-])ccc32)nn1. The Balaban J connectivity index is 1.99. The Bertz CT molecular complexity index is 758. The van der Waals surface area contributed by atoms with Gasteiger partial charge in [0.15, 0.2) is 0 Å². The first-order valence-corrected chi connectivity index (χ1v) is 5.72. The van der Waals surface area contributed by atoms with Gasteiger partial charge in [0.2, 0.25) is 0 Å². The van der Waals surface area contributed by atoms with Gasteiger partial charge in [-0.25, -0.2) is 0 Å². The normalized spacial score (nSPS) is 11.0. The van der Waals surface area contributed by atoms with Crippen LogP contribution in [0.1, 0.15) is 5.69 Å². The third-order valence-corrected chi connectivity index (χ3v) is 2.95. The van der Waals surface area contributed by atoms with Crippen LogP contribution in [0.4, 0.5) is 5.69 Å². The third-order valence-electron chi connectivity index (χ3n) is 2.95. The molecule has 0 radical (unpaired) electrons. The van der Waals surface area contributed by atoms with Crippen molar-refractivity contribution < 1.29 is 4.92 Å². The molecule has 0 atom stereocenters. The van der Waals surface area contributed by atoms with Gasteiger partial charge in [0, 0.05) is 42.5 Å². The first-order chi connectivity index (χ1) is 9.13. The molecule has 3 aromatic rings. The molecule has 0 saturated carbocycles. The largest absolute Gasteiger partial charge is 0.341 e. The summed E-state index contributed by atoms with van der Waals surface area (Å²) in [6.07, 6.45) is 3.74. The summed E-state index contributed by atoms with van der Waals surface area (Å²) in [5.74, 6) is 0. The number of nitro groups is 1. The zero-order chi connectivity index (χ0) is 13.4. The van der Waals surface area contributed by atoms with Gasteiger partial charge in [0.1, 0.15) is 5.69 Å². The molecule has 2 heterocycles. The summed E-state index contributed by atoms with van der Waals surface area (Å²) >= 11 is 0. The smallest absolute Gasteiger partial charge is 0.270 e. The van der Waals surface area contributed by atoms with E-state index in [0.29, 0.717) is 6.54 Å². The second kappa shape index (κ2) is 4.20. The monoisotopic (exact) mass is 257 g/mol. The van der Waals surface area contributed by atoms with Crippen molar-refractivity contribution in [3.8, 4) is 0 Å². The van der Waals surface area contributed by atoms with Crippen LogP contribution < -0.4 is 0 Å². The van der Waals surface area contributed by atoms with Crippen molar-refractivity contribution in [1.29, 1.82) is 0 Å². The lowest BCUT2D eigenvalue weighted by Gasteiger charge is -2.02. The van der Waals surface area contributed by atoms with Crippen LogP contribution in [0.15, 0.2) is 36.7 Å². The van der Waals surface area contributed by atoms with Crippen LogP contribution in [0.3, 0.4) is 0 Å². The van der Waals surface area contributed by atoms with E-state index in [0.717, 1.165) is 16.6 Å². The number of non-ortho nitro benzene ring substituents is 1. The molecule has 0 fully saturated rings. The summed E-state index contributed by atoms with van der Waals surface area (Å²) in [6.45, 7) is 0.592. The number of benzene rings is 1. The zero-order valence-corrected chi connectivity index (χ0v) is 10.2. The van der Waals surface area contributed by atoms with Gasteiger partial charge in [-0.3, -0.25) is 14.8 Å². The second-order valence-electron chi connectivity index (χ2n) is 4.33. The molecule has 7 nitrogen and oxygen atoms in total. The Morgan fingerprint density at radius 2 is 2.21 bits per heavy atom.